The number of aromatic nitrogens is 2. The second-order valence-corrected chi connectivity index (χ2v) is 7.68. The molecule has 2 aromatic rings. The van der Waals surface area contributed by atoms with Gasteiger partial charge in [-0.3, -0.25) is 14.6 Å². The second kappa shape index (κ2) is 5.84. The Morgan fingerprint density at radius 3 is 2.83 bits per heavy atom. The molecule has 126 valence electrons. The van der Waals surface area contributed by atoms with Gasteiger partial charge in [-0.15, -0.1) is 0 Å². The van der Waals surface area contributed by atoms with Crippen LogP contribution in [0.25, 0.3) is 10.9 Å². The summed E-state index contributed by atoms with van der Waals surface area (Å²) >= 11 is 5.00. The number of carbonyl (C=O) groups excluding carboxylic acids is 1. The first-order valence-electron chi connectivity index (χ1n) is 8.58. The van der Waals surface area contributed by atoms with E-state index < -0.39 is 0 Å². The molecule has 0 unspecified atom stereocenters. The standard InChI is InChI=1S/C18H21N3O2S/c1-9(14-7-10-2-3-11(14)6-10)19-16(22)12-4-5-13-15(8-12)20-18(24)21-17(13)23/h4-5,8-11,14H,2-3,6-7H2,1H3,(H,19,22)(H2,20,21,23,24)/t9-,10-,11-,14-/m0/s1. The van der Waals surface area contributed by atoms with E-state index in [0.29, 0.717) is 22.4 Å². The molecule has 0 radical (unpaired) electrons. The fourth-order valence-electron chi connectivity index (χ4n) is 4.61. The molecule has 2 aliphatic carbocycles. The van der Waals surface area contributed by atoms with Gasteiger partial charge in [-0.25, -0.2) is 0 Å². The highest BCUT2D eigenvalue weighted by molar-refractivity contribution is 7.71. The first-order valence-corrected chi connectivity index (χ1v) is 8.99. The minimum absolute atomic E-state index is 0.0910. The van der Waals surface area contributed by atoms with Crippen LogP contribution >= 0.6 is 12.2 Å². The summed E-state index contributed by atoms with van der Waals surface area (Å²) < 4.78 is 0.264. The van der Waals surface area contributed by atoms with Crippen LogP contribution in [0, 0.1) is 22.5 Å². The van der Waals surface area contributed by atoms with Gasteiger partial charge < -0.3 is 10.3 Å². The summed E-state index contributed by atoms with van der Waals surface area (Å²) in [4.78, 5) is 29.9. The van der Waals surface area contributed by atoms with E-state index >= 15 is 0 Å². The Kier molecular flexibility index (Phi) is 3.79. The zero-order chi connectivity index (χ0) is 16.8. The minimum Gasteiger partial charge on any atom is -0.349 e. The maximum atomic E-state index is 12.6. The summed E-state index contributed by atoms with van der Waals surface area (Å²) in [6.45, 7) is 2.11. The third kappa shape index (κ3) is 2.69. The van der Waals surface area contributed by atoms with Crippen molar-refractivity contribution in [1.29, 1.82) is 0 Å². The van der Waals surface area contributed by atoms with Gasteiger partial charge in [0.1, 0.15) is 0 Å². The molecule has 2 bridgehead atoms. The van der Waals surface area contributed by atoms with Gasteiger partial charge in [-0.05, 0) is 74.4 Å². The normalized spacial score (nSPS) is 26.6. The summed E-state index contributed by atoms with van der Waals surface area (Å²) in [6, 6.07) is 5.23. The predicted molar refractivity (Wildman–Crippen MR) is 95.6 cm³/mol. The average Bonchev–Trinajstić information content (AvgIpc) is 3.17. The highest BCUT2D eigenvalue weighted by Gasteiger charge is 2.42. The van der Waals surface area contributed by atoms with Gasteiger partial charge in [0, 0.05) is 11.6 Å². The molecule has 6 heteroatoms. The Labute approximate surface area is 144 Å². The number of carbonyl (C=O) groups is 1. The molecule has 2 saturated carbocycles. The van der Waals surface area contributed by atoms with Crippen molar-refractivity contribution in [3.8, 4) is 0 Å². The lowest BCUT2D eigenvalue weighted by Crippen LogP contribution is -2.40. The van der Waals surface area contributed by atoms with Gasteiger partial charge in [0.25, 0.3) is 11.5 Å². The van der Waals surface area contributed by atoms with E-state index in [1.54, 1.807) is 18.2 Å². The molecular formula is C18H21N3O2S. The van der Waals surface area contributed by atoms with Gasteiger partial charge in [0.15, 0.2) is 4.77 Å². The molecule has 2 aliphatic rings. The quantitative estimate of drug-likeness (QED) is 0.749. The molecule has 1 aromatic heterocycles. The Bertz CT molecular complexity index is 916. The lowest BCUT2D eigenvalue weighted by atomic mass is 9.84. The van der Waals surface area contributed by atoms with E-state index in [1.165, 1.54) is 25.7 Å². The van der Waals surface area contributed by atoms with Crippen LogP contribution in [0.2, 0.25) is 0 Å². The summed E-state index contributed by atoms with van der Waals surface area (Å²) in [7, 11) is 0. The molecule has 0 saturated heterocycles. The monoisotopic (exact) mass is 343 g/mol. The van der Waals surface area contributed by atoms with Gasteiger partial charge in [-0.2, -0.15) is 0 Å². The molecule has 0 spiro atoms. The molecule has 0 aliphatic heterocycles. The van der Waals surface area contributed by atoms with Crippen molar-refractivity contribution in [3.63, 3.8) is 0 Å². The first kappa shape index (κ1) is 15.6. The molecule has 4 atom stereocenters. The predicted octanol–water partition coefficient (Wildman–Crippen LogP) is 3.14. The fourth-order valence-corrected chi connectivity index (χ4v) is 4.82. The fraction of sp³-hybridized carbons (Fsp3) is 0.500. The van der Waals surface area contributed by atoms with E-state index in [4.69, 9.17) is 12.2 Å². The maximum absolute atomic E-state index is 12.6. The summed E-state index contributed by atoms with van der Waals surface area (Å²) in [5, 5.41) is 3.65. The van der Waals surface area contributed by atoms with Crippen molar-refractivity contribution in [2.75, 3.05) is 0 Å². The average molecular weight is 343 g/mol. The Morgan fingerprint density at radius 2 is 2.12 bits per heavy atom. The summed E-state index contributed by atoms with van der Waals surface area (Å²) in [5.74, 6) is 2.15. The van der Waals surface area contributed by atoms with Gasteiger partial charge in [0.2, 0.25) is 0 Å². The topological polar surface area (TPSA) is 77.8 Å². The number of benzene rings is 1. The van der Waals surface area contributed by atoms with Crippen LogP contribution in [0.15, 0.2) is 23.0 Å². The van der Waals surface area contributed by atoms with Crippen LogP contribution in [0.3, 0.4) is 0 Å². The lowest BCUT2D eigenvalue weighted by Gasteiger charge is -2.28. The number of aromatic amines is 2. The second-order valence-electron chi connectivity index (χ2n) is 7.27. The number of rotatable bonds is 3. The van der Waals surface area contributed by atoms with Crippen LogP contribution < -0.4 is 10.9 Å². The first-order chi connectivity index (χ1) is 11.5. The number of fused-ring (bicyclic) bond motifs is 3. The molecule has 1 heterocycles. The molecule has 2 fully saturated rings. The third-order valence-corrected chi connectivity index (χ3v) is 6.00. The smallest absolute Gasteiger partial charge is 0.259 e. The molecule has 1 amide bonds. The zero-order valence-corrected chi connectivity index (χ0v) is 14.4. The van der Waals surface area contributed by atoms with Crippen LogP contribution in [-0.4, -0.2) is 21.9 Å². The van der Waals surface area contributed by atoms with Crippen LogP contribution in [0.4, 0.5) is 0 Å². The van der Waals surface area contributed by atoms with Crippen molar-refractivity contribution >= 4 is 29.0 Å². The number of hydrogen-bond acceptors (Lipinski definition) is 3. The van der Waals surface area contributed by atoms with Crippen LogP contribution in [0.5, 0.6) is 0 Å². The van der Waals surface area contributed by atoms with E-state index in [0.717, 1.165) is 11.8 Å². The molecule has 24 heavy (non-hydrogen) atoms. The van der Waals surface area contributed by atoms with Crippen molar-refractivity contribution in [2.24, 2.45) is 17.8 Å². The third-order valence-electron chi connectivity index (χ3n) is 5.80. The van der Waals surface area contributed by atoms with Crippen molar-refractivity contribution in [1.82, 2.24) is 15.3 Å². The summed E-state index contributed by atoms with van der Waals surface area (Å²) in [5.41, 5.74) is 0.897. The molecule has 5 nitrogen and oxygen atoms in total. The molecule has 4 rings (SSSR count). The minimum atomic E-state index is -0.240. The van der Waals surface area contributed by atoms with E-state index in [1.807, 2.05) is 0 Å². The van der Waals surface area contributed by atoms with Crippen molar-refractivity contribution < 1.29 is 4.79 Å². The van der Waals surface area contributed by atoms with Gasteiger partial charge in [0.05, 0.1) is 10.9 Å². The number of amides is 1. The number of H-pyrrole nitrogens is 2. The Hall–Kier alpha value is -1.95. The summed E-state index contributed by atoms with van der Waals surface area (Å²) in [6.07, 6.45) is 5.25. The Balaban J connectivity index is 1.55. The van der Waals surface area contributed by atoms with Crippen LogP contribution in [0.1, 0.15) is 43.0 Å². The molecular weight excluding hydrogens is 322 g/mol. The zero-order valence-electron chi connectivity index (χ0n) is 13.6. The highest BCUT2D eigenvalue weighted by Crippen LogP contribution is 2.49. The Morgan fingerprint density at radius 1 is 1.29 bits per heavy atom. The van der Waals surface area contributed by atoms with Crippen molar-refractivity contribution in [3.05, 3.63) is 38.9 Å². The van der Waals surface area contributed by atoms with Gasteiger partial charge in [-0.1, -0.05) is 6.42 Å². The van der Waals surface area contributed by atoms with E-state index in [9.17, 15) is 9.59 Å². The molecule has 1 aromatic carbocycles. The number of nitrogens with one attached hydrogen (secondary N) is 3. The SMILES string of the molecule is C[C@H](NC(=O)c1ccc2c(=O)[nH]c(=S)[nH]c2c1)[C@@H]1C[C@H]2CC[C@H]1C2. The van der Waals surface area contributed by atoms with E-state index in [-0.39, 0.29) is 22.3 Å². The lowest BCUT2D eigenvalue weighted by molar-refractivity contribution is 0.0915. The highest BCUT2D eigenvalue weighted by atomic mass is 32.1. The van der Waals surface area contributed by atoms with Crippen molar-refractivity contribution in [2.45, 2.75) is 38.6 Å². The number of hydrogen-bond donors (Lipinski definition) is 3. The maximum Gasteiger partial charge on any atom is 0.259 e. The molecule has 3 N–H and O–H groups in total. The largest absolute Gasteiger partial charge is 0.349 e. The van der Waals surface area contributed by atoms with Gasteiger partial charge >= 0.3 is 0 Å². The van der Waals surface area contributed by atoms with Crippen LogP contribution in [-0.2, 0) is 0 Å². The van der Waals surface area contributed by atoms with E-state index in [2.05, 4.69) is 22.2 Å².